The molecule has 2 aliphatic carbocycles. The standard InChI is InChI=1S/C49H34N2/c1-4-14-32(15-5-1)45-28-29-46(51-49(50-45)36-18-8-3-9-19-36)33-24-26-35(27-25-33)48-40-23-13-11-21-38(40)42-30-41-37-20-10-12-22-39(37)47(43(41)31-44(42)48)34-16-6-2-7-17-34/h1-27,29-31,47-48H,28H2. The van der Waals surface area contributed by atoms with E-state index < -0.39 is 0 Å². The van der Waals surface area contributed by atoms with Gasteiger partial charge < -0.3 is 0 Å². The van der Waals surface area contributed by atoms with Crippen LogP contribution in [0.15, 0.2) is 192 Å². The molecule has 0 N–H and O–H groups in total. The summed E-state index contributed by atoms with van der Waals surface area (Å²) >= 11 is 0. The van der Waals surface area contributed by atoms with Gasteiger partial charge in [0, 0.05) is 23.8 Å². The lowest BCUT2D eigenvalue weighted by atomic mass is 9.84. The van der Waals surface area contributed by atoms with Crippen LogP contribution in [0.2, 0.25) is 0 Å². The van der Waals surface area contributed by atoms with E-state index in [0.717, 1.165) is 33.9 Å². The average molecular weight is 651 g/mol. The van der Waals surface area contributed by atoms with Crippen LogP contribution in [0.25, 0.3) is 28.0 Å². The molecule has 7 aromatic carbocycles. The number of fused-ring (bicyclic) bond motifs is 6. The molecule has 0 amide bonds. The third-order valence-corrected chi connectivity index (χ3v) is 10.7. The minimum absolute atomic E-state index is 0.148. The van der Waals surface area contributed by atoms with Crippen LogP contribution >= 0.6 is 0 Å². The summed E-state index contributed by atoms with van der Waals surface area (Å²) in [4.78, 5) is 10.3. The van der Waals surface area contributed by atoms with Crippen molar-refractivity contribution in [1.29, 1.82) is 0 Å². The van der Waals surface area contributed by atoms with Gasteiger partial charge in [-0.3, -0.25) is 0 Å². The molecule has 0 spiro atoms. The summed E-state index contributed by atoms with van der Waals surface area (Å²) < 4.78 is 0. The van der Waals surface area contributed by atoms with Gasteiger partial charge >= 0.3 is 0 Å². The number of rotatable bonds is 5. The Morgan fingerprint density at radius 2 is 0.882 bits per heavy atom. The second kappa shape index (κ2) is 12.2. The summed E-state index contributed by atoms with van der Waals surface area (Å²) in [6.45, 7) is 0. The van der Waals surface area contributed by atoms with Crippen molar-refractivity contribution in [2.45, 2.75) is 18.3 Å². The fourth-order valence-corrected chi connectivity index (χ4v) is 8.37. The van der Waals surface area contributed by atoms with Crippen molar-refractivity contribution < 1.29 is 0 Å². The maximum absolute atomic E-state index is 5.18. The van der Waals surface area contributed by atoms with E-state index in [-0.39, 0.29) is 11.8 Å². The fourth-order valence-electron chi connectivity index (χ4n) is 8.37. The van der Waals surface area contributed by atoms with Gasteiger partial charge in [-0.05, 0) is 72.8 Å². The van der Waals surface area contributed by atoms with E-state index in [9.17, 15) is 0 Å². The Morgan fingerprint density at radius 3 is 1.49 bits per heavy atom. The first-order valence-corrected chi connectivity index (χ1v) is 17.8. The van der Waals surface area contributed by atoms with E-state index in [0.29, 0.717) is 6.42 Å². The Morgan fingerprint density at radius 1 is 0.373 bits per heavy atom. The molecule has 2 nitrogen and oxygen atoms in total. The highest BCUT2D eigenvalue weighted by Crippen LogP contribution is 2.55. The van der Waals surface area contributed by atoms with Gasteiger partial charge in [-0.15, -0.1) is 0 Å². The lowest BCUT2D eigenvalue weighted by Crippen LogP contribution is -2.04. The van der Waals surface area contributed by atoms with Crippen molar-refractivity contribution >= 4 is 17.2 Å². The molecule has 0 saturated heterocycles. The van der Waals surface area contributed by atoms with Crippen molar-refractivity contribution in [3.8, 4) is 22.3 Å². The Labute approximate surface area is 298 Å². The van der Waals surface area contributed by atoms with Crippen molar-refractivity contribution in [3.63, 3.8) is 0 Å². The number of amidine groups is 1. The molecule has 2 heteroatoms. The Balaban J connectivity index is 1.06. The summed E-state index contributed by atoms with van der Waals surface area (Å²) in [5.74, 6) is 1.11. The number of hydrogen-bond donors (Lipinski definition) is 0. The molecule has 240 valence electrons. The number of hydrogen-bond acceptors (Lipinski definition) is 2. The van der Waals surface area contributed by atoms with E-state index in [1.807, 2.05) is 24.3 Å². The highest BCUT2D eigenvalue weighted by molar-refractivity contribution is 6.15. The van der Waals surface area contributed by atoms with Crippen molar-refractivity contribution in [2.75, 3.05) is 0 Å². The van der Waals surface area contributed by atoms with Crippen LogP contribution in [0, 0.1) is 0 Å². The van der Waals surface area contributed by atoms with E-state index in [4.69, 9.17) is 9.98 Å². The van der Waals surface area contributed by atoms with Crippen LogP contribution in [-0.2, 0) is 0 Å². The SMILES string of the molecule is C1=C(c2ccc(C3c4ccccc4-c4cc5c(cc43)C(c3ccccc3)c3ccccc3-5)cc2)N=C(c2ccccc2)N=C(c2ccccc2)C1. The average Bonchev–Trinajstić information content (AvgIpc) is 3.59. The summed E-state index contributed by atoms with van der Waals surface area (Å²) in [5.41, 5.74) is 18.8. The number of benzene rings is 7. The summed E-state index contributed by atoms with van der Waals surface area (Å²) in [6, 6.07) is 63.8. The van der Waals surface area contributed by atoms with Crippen LogP contribution in [-0.4, -0.2) is 11.5 Å². The maximum Gasteiger partial charge on any atom is 0.160 e. The molecule has 0 fully saturated rings. The zero-order chi connectivity index (χ0) is 33.7. The van der Waals surface area contributed by atoms with Gasteiger partial charge in [0.05, 0.1) is 11.4 Å². The zero-order valence-corrected chi connectivity index (χ0v) is 28.1. The van der Waals surface area contributed by atoms with Gasteiger partial charge in [-0.2, -0.15) is 0 Å². The first-order valence-electron chi connectivity index (χ1n) is 17.8. The monoisotopic (exact) mass is 650 g/mol. The lowest BCUT2D eigenvalue weighted by Gasteiger charge is -2.19. The predicted octanol–water partition coefficient (Wildman–Crippen LogP) is 11.7. The molecule has 0 bridgehead atoms. The summed E-state index contributed by atoms with van der Waals surface area (Å²) in [7, 11) is 0. The first-order chi connectivity index (χ1) is 25.3. The minimum atomic E-state index is 0.148. The van der Waals surface area contributed by atoms with Crippen LogP contribution in [0.4, 0.5) is 0 Å². The first kappa shape index (κ1) is 29.5. The van der Waals surface area contributed by atoms with Gasteiger partial charge in [0.15, 0.2) is 5.84 Å². The van der Waals surface area contributed by atoms with E-state index in [1.165, 1.54) is 55.6 Å². The predicted molar refractivity (Wildman–Crippen MR) is 211 cm³/mol. The van der Waals surface area contributed by atoms with Crippen LogP contribution < -0.4 is 0 Å². The van der Waals surface area contributed by atoms with Crippen LogP contribution in [0.3, 0.4) is 0 Å². The largest absolute Gasteiger partial charge is 0.232 e. The summed E-state index contributed by atoms with van der Waals surface area (Å²) in [6.07, 6.45) is 2.93. The highest BCUT2D eigenvalue weighted by Gasteiger charge is 2.36. The maximum atomic E-state index is 5.18. The zero-order valence-electron chi connectivity index (χ0n) is 28.1. The smallest absolute Gasteiger partial charge is 0.160 e. The number of aliphatic imine (C=N–C) groups is 2. The Kier molecular flexibility index (Phi) is 7.06. The molecule has 51 heavy (non-hydrogen) atoms. The summed E-state index contributed by atoms with van der Waals surface area (Å²) in [5, 5.41) is 0. The van der Waals surface area contributed by atoms with Gasteiger partial charge in [-0.25, -0.2) is 9.98 Å². The van der Waals surface area contributed by atoms with Crippen LogP contribution in [0.1, 0.15) is 68.3 Å². The molecule has 7 aromatic rings. The van der Waals surface area contributed by atoms with Crippen molar-refractivity contribution in [1.82, 2.24) is 0 Å². The molecule has 2 atom stereocenters. The highest BCUT2D eigenvalue weighted by atomic mass is 14.9. The molecule has 10 rings (SSSR count). The molecule has 1 heterocycles. The number of allylic oxidation sites excluding steroid dienone is 1. The molecule has 0 saturated carbocycles. The van der Waals surface area contributed by atoms with Gasteiger partial charge in [0.25, 0.3) is 0 Å². The molecule has 3 aliphatic rings. The molecule has 1 aliphatic heterocycles. The van der Waals surface area contributed by atoms with E-state index >= 15 is 0 Å². The minimum Gasteiger partial charge on any atom is -0.232 e. The lowest BCUT2D eigenvalue weighted by molar-refractivity contribution is 0.981. The second-order valence-corrected chi connectivity index (χ2v) is 13.6. The van der Waals surface area contributed by atoms with Crippen molar-refractivity contribution in [3.05, 3.63) is 232 Å². The molecular formula is C49H34N2. The number of nitrogens with zero attached hydrogens (tertiary/aromatic N) is 2. The third-order valence-electron chi connectivity index (χ3n) is 10.7. The second-order valence-electron chi connectivity index (χ2n) is 13.6. The van der Waals surface area contributed by atoms with Gasteiger partial charge in [-0.1, -0.05) is 176 Å². The van der Waals surface area contributed by atoms with E-state index in [1.54, 1.807) is 0 Å². The quantitative estimate of drug-likeness (QED) is 0.177. The van der Waals surface area contributed by atoms with Crippen molar-refractivity contribution in [2.24, 2.45) is 9.98 Å². The topological polar surface area (TPSA) is 24.7 Å². The molecule has 0 radical (unpaired) electrons. The van der Waals surface area contributed by atoms with Gasteiger partial charge in [0.2, 0.25) is 0 Å². The van der Waals surface area contributed by atoms with E-state index in [2.05, 4.69) is 158 Å². The fraction of sp³-hybridized carbons (Fsp3) is 0.0612. The molecule has 2 unspecified atom stereocenters. The molecule has 0 aromatic heterocycles. The molecular weight excluding hydrogens is 617 g/mol. The normalized spacial score (nSPS) is 16.9. The Hall–Kier alpha value is -6.38. The van der Waals surface area contributed by atoms with Crippen LogP contribution in [0.5, 0.6) is 0 Å². The van der Waals surface area contributed by atoms with Gasteiger partial charge in [0.1, 0.15) is 0 Å². The Bertz CT molecular complexity index is 2520. The third kappa shape index (κ3) is 5.03.